The summed E-state index contributed by atoms with van der Waals surface area (Å²) in [6.07, 6.45) is 19.7. The number of aliphatic imine (C=N–C) groups is 3. The second-order valence-corrected chi connectivity index (χ2v) is 12.6. The molecule has 0 radical (unpaired) electrons. The molecule has 2 aromatic rings. The molecule has 266 valence electrons. The van der Waals surface area contributed by atoms with Crippen molar-refractivity contribution >= 4 is 45.9 Å². The number of anilines is 1. The predicted molar refractivity (Wildman–Crippen MR) is 209 cm³/mol. The molecule has 5 aliphatic rings. The van der Waals surface area contributed by atoms with Crippen LogP contribution in [0.4, 0.5) is 5.69 Å². The Bertz CT molecular complexity index is 2250. The van der Waals surface area contributed by atoms with E-state index in [0.717, 1.165) is 50.8 Å². The van der Waals surface area contributed by atoms with Crippen molar-refractivity contribution in [3.63, 3.8) is 0 Å². The zero-order chi connectivity index (χ0) is 36.9. The van der Waals surface area contributed by atoms with Crippen molar-refractivity contribution in [3.8, 4) is 0 Å². The summed E-state index contributed by atoms with van der Waals surface area (Å²) in [6, 6.07) is 11.7. The molecule has 11 heteroatoms. The van der Waals surface area contributed by atoms with Gasteiger partial charge < -0.3 is 30.4 Å². The first-order valence-corrected chi connectivity index (χ1v) is 17.3. The molecule has 11 nitrogen and oxygen atoms in total. The van der Waals surface area contributed by atoms with Crippen LogP contribution in [0.1, 0.15) is 42.6 Å². The summed E-state index contributed by atoms with van der Waals surface area (Å²) in [5, 5.41) is 3.36. The smallest absolute Gasteiger partial charge is 0.306 e. The van der Waals surface area contributed by atoms with E-state index in [1.54, 1.807) is 12.2 Å². The number of hydrogen-bond donors (Lipinski definition) is 3. The van der Waals surface area contributed by atoms with Gasteiger partial charge in [0.15, 0.2) is 0 Å². The maximum absolute atomic E-state index is 12.7. The van der Waals surface area contributed by atoms with E-state index in [9.17, 15) is 9.59 Å². The van der Waals surface area contributed by atoms with E-state index < -0.39 is 0 Å². The number of carbonyl (C=O) groups excluding carboxylic acids is 2. The standard InChI is InChI=1S/C42H39N7O4/c1-4-24-52-38(50)20-10-28-30-12-16-34(45-30)40(26-6-8-27(43)9-7-26)35-17-13-31(46-35)29(11-21-39(51)53-25-5-2)33-15-19-37(48-33)41(36-18-14-32(28)47-36)42-44-22-23-49(42)3/h4-9,12-19,22-23,44-45H,1-2,10-11,20-21,24-25,43H2,3H3/b32-28?,33-29?,40-35?,42-41+. The molecule has 53 heavy (non-hydrogen) atoms. The number of fused-ring (bicyclic) bond motifs is 5. The van der Waals surface area contributed by atoms with Gasteiger partial charge in [0.05, 0.1) is 39.8 Å². The van der Waals surface area contributed by atoms with Crippen LogP contribution in [0.3, 0.4) is 0 Å². The van der Waals surface area contributed by atoms with Crippen LogP contribution in [0.5, 0.6) is 0 Å². The van der Waals surface area contributed by atoms with Gasteiger partial charge in [0.2, 0.25) is 0 Å². The van der Waals surface area contributed by atoms with Gasteiger partial charge in [0.25, 0.3) is 0 Å². The molecule has 8 bridgehead atoms. The number of hydrogen-bond acceptors (Lipinski definition) is 10. The summed E-state index contributed by atoms with van der Waals surface area (Å²) in [5.74, 6) is 0.144. The Labute approximate surface area is 307 Å². The first-order valence-electron chi connectivity index (χ1n) is 17.3. The lowest BCUT2D eigenvalue weighted by Crippen LogP contribution is -2.23. The molecule has 0 saturated heterocycles. The van der Waals surface area contributed by atoms with Crippen LogP contribution in [0.2, 0.25) is 0 Å². The molecule has 1 aromatic carbocycles. The summed E-state index contributed by atoms with van der Waals surface area (Å²) in [4.78, 5) is 46.5. The number of nitrogens with two attached hydrogens (primary N) is 1. The summed E-state index contributed by atoms with van der Waals surface area (Å²) >= 11 is 0. The highest BCUT2D eigenvalue weighted by molar-refractivity contribution is 6.34. The number of ether oxygens (including phenoxy) is 2. The first kappa shape index (κ1) is 34.7. The fourth-order valence-electron chi connectivity index (χ4n) is 6.53. The summed E-state index contributed by atoms with van der Waals surface area (Å²) in [7, 11) is 1.95. The van der Waals surface area contributed by atoms with E-state index in [1.165, 1.54) is 0 Å². The molecule has 1 aromatic heterocycles. The van der Waals surface area contributed by atoms with Crippen molar-refractivity contribution in [2.45, 2.75) is 25.7 Å². The number of nitrogens with zero attached hydrogens (tertiary/aromatic N) is 4. The van der Waals surface area contributed by atoms with Crippen molar-refractivity contribution in [3.05, 3.63) is 162 Å². The number of carbonyl (C=O) groups is 2. The largest absolute Gasteiger partial charge is 0.461 e. The second kappa shape index (κ2) is 15.2. The van der Waals surface area contributed by atoms with Crippen LogP contribution in [-0.2, 0) is 19.1 Å². The minimum atomic E-state index is -0.337. The second-order valence-electron chi connectivity index (χ2n) is 12.6. The van der Waals surface area contributed by atoms with Gasteiger partial charge in [-0.05, 0) is 79.1 Å². The van der Waals surface area contributed by atoms with Crippen LogP contribution in [0.15, 0.2) is 160 Å². The molecular formula is C42H39N7O4. The quantitative estimate of drug-likeness (QED) is 0.136. The Morgan fingerprint density at radius 3 is 1.92 bits per heavy atom. The van der Waals surface area contributed by atoms with E-state index in [2.05, 4.69) is 23.5 Å². The average molecular weight is 706 g/mol. The number of nitrogens with one attached hydrogen (secondary N) is 2. The zero-order valence-electron chi connectivity index (χ0n) is 29.4. The third kappa shape index (κ3) is 7.36. The molecule has 0 amide bonds. The number of aromatic amines is 1. The van der Waals surface area contributed by atoms with Crippen LogP contribution in [0, 0.1) is 0 Å². The van der Waals surface area contributed by atoms with Gasteiger partial charge in [-0.25, -0.2) is 15.0 Å². The van der Waals surface area contributed by atoms with E-state index in [-0.39, 0.29) is 38.0 Å². The van der Waals surface area contributed by atoms with Crippen molar-refractivity contribution in [1.29, 1.82) is 0 Å². The summed E-state index contributed by atoms with van der Waals surface area (Å²) < 4.78 is 10.6. The highest BCUT2D eigenvalue weighted by Gasteiger charge is 2.28. The van der Waals surface area contributed by atoms with Crippen molar-refractivity contribution in [1.82, 2.24) is 15.2 Å². The highest BCUT2D eigenvalue weighted by Crippen LogP contribution is 2.37. The number of H-pyrrole nitrogens is 1. The molecule has 0 atom stereocenters. The van der Waals surface area contributed by atoms with Crippen LogP contribution >= 0.6 is 0 Å². The van der Waals surface area contributed by atoms with Crippen molar-refractivity contribution in [2.75, 3.05) is 26.0 Å². The SMILES string of the molecule is C=CCOC(=O)CCC1=C2C=CC(=N2)/C(=C2\NC=CN2C)C2=NC(=C(CCC(=O)OCC=C)c3ccc([nH]3)C(c3ccc(N)cc3)=C3C=CC1=N3)C=C2. The van der Waals surface area contributed by atoms with E-state index in [0.29, 0.717) is 47.1 Å². The third-order valence-electron chi connectivity index (χ3n) is 9.09. The molecular weight excluding hydrogens is 667 g/mol. The lowest BCUT2D eigenvalue weighted by Gasteiger charge is -2.17. The van der Waals surface area contributed by atoms with Gasteiger partial charge in [-0.3, -0.25) is 9.59 Å². The van der Waals surface area contributed by atoms with Gasteiger partial charge in [-0.15, -0.1) is 0 Å². The summed E-state index contributed by atoms with van der Waals surface area (Å²) in [5.41, 5.74) is 16.8. The molecule has 5 aliphatic heterocycles. The van der Waals surface area contributed by atoms with Crippen molar-refractivity contribution in [2.24, 2.45) is 15.0 Å². The minimum absolute atomic E-state index is 0.137. The fraction of sp³-hybridized carbons (Fsp3) is 0.167. The Balaban J connectivity index is 1.44. The Hall–Kier alpha value is -6.75. The normalized spacial score (nSPS) is 18.4. The number of allylic oxidation sites excluding steroid dienone is 9. The van der Waals surface area contributed by atoms with Gasteiger partial charge in [0.1, 0.15) is 19.0 Å². The van der Waals surface area contributed by atoms with Gasteiger partial charge >= 0.3 is 11.9 Å². The molecule has 0 aliphatic carbocycles. The number of esters is 2. The third-order valence-corrected chi connectivity index (χ3v) is 9.09. The number of rotatable bonds is 11. The van der Waals surface area contributed by atoms with Crippen LogP contribution in [-0.4, -0.2) is 59.2 Å². The topological polar surface area (TPSA) is 147 Å². The number of nitrogen functional groups attached to an aromatic ring is 1. The van der Waals surface area contributed by atoms with Crippen molar-refractivity contribution < 1.29 is 19.1 Å². The first-order chi connectivity index (χ1) is 25.8. The lowest BCUT2D eigenvalue weighted by molar-refractivity contribution is -0.143. The molecule has 7 rings (SSSR count). The maximum atomic E-state index is 12.7. The monoisotopic (exact) mass is 705 g/mol. The van der Waals surface area contributed by atoms with Crippen LogP contribution in [0.25, 0.3) is 11.1 Å². The van der Waals surface area contributed by atoms with Gasteiger partial charge in [-0.1, -0.05) is 37.4 Å². The van der Waals surface area contributed by atoms with E-state index in [1.807, 2.05) is 97.2 Å². The number of aromatic nitrogens is 1. The fourth-order valence-corrected chi connectivity index (χ4v) is 6.53. The van der Waals surface area contributed by atoms with Gasteiger partial charge in [-0.2, -0.15) is 0 Å². The minimum Gasteiger partial charge on any atom is -0.461 e. The molecule has 4 N–H and O–H groups in total. The summed E-state index contributed by atoms with van der Waals surface area (Å²) in [6.45, 7) is 7.59. The Morgan fingerprint density at radius 1 is 0.736 bits per heavy atom. The zero-order valence-corrected chi connectivity index (χ0v) is 29.4. The molecule has 0 fully saturated rings. The van der Waals surface area contributed by atoms with Gasteiger partial charge in [0, 0.05) is 66.1 Å². The Morgan fingerprint density at radius 2 is 1.30 bits per heavy atom. The maximum Gasteiger partial charge on any atom is 0.306 e. The molecule has 0 spiro atoms. The molecule has 0 saturated carbocycles. The number of benzene rings is 1. The van der Waals surface area contributed by atoms with E-state index in [4.69, 9.17) is 30.2 Å². The van der Waals surface area contributed by atoms with E-state index >= 15 is 0 Å². The Kier molecular flexibility index (Phi) is 9.97. The average Bonchev–Trinajstić information content (AvgIpc) is 4.01. The highest BCUT2D eigenvalue weighted by atomic mass is 16.5. The predicted octanol–water partition coefficient (Wildman–Crippen LogP) is 6.60. The molecule has 0 unspecified atom stereocenters. The molecule has 6 heterocycles. The van der Waals surface area contributed by atoms with Crippen LogP contribution < -0.4 is 11.1 Å². The lowest BCUT2D eigenvalue weighted by atomic mass is 10.0.